The minimum atomic E-state index is -0.0223. The van der Waals surface area contributed by atoms with Crippen LogP contribution in [0.4, 0.5) is 0 Å². The van der Waals surface area contributed by atoms with E-state index >= 15 is 0 Å². The lowest BCUT2D eigenvalue weighted by molar-refractivity contribution is 0.0773. The second-order valence-electron chi connectivity index (χ2n) is 9.66. The van der Waals surface area contributed by atoms with Crippen LogP contribution in [-0.2, 0) is 12.0 Å². The first-order valence-electron chi connectivity index (χ1n) is 11.6. The van der Waals surface area contributed by atoms with Crippen LogP contribution in [0.25, 0.3) is 11.0 Å². The zero-order valence-corrected chi connectivity index (χ0v) is 19.1. The maximum Gasteiger partial charge on any atom is 0.253 e. The van der Waals surface area contributed by atoms with E-state index in [9.17, 15) is 4.79 Å². The van der Waals surface area contributed by atoms with Crippen LogP contribution < -0.4 is 0 Å². The fourth-order valence-corrected chi connectivity index (χ4v) is 4.72. The van der Waals surface area contributed by atoms with Gasteiger partial charge in [0.25, 0.3) is 5.91 Å². The Hall–Kier alpha value is -1.84. The van der Waals surface area contributed by atoms with Gasteiger partial charge in [-0.05, 0) is 44.4 Å². The number of carbonyl (C=O) groups excluding carboxylic acids is 1. The van der Waals surface area contributed by atoms with Crippen LogP contribution >= 0.6 is 0 Å². The van der Waals surface area contributed by atoms with E-state index in [1.54, 1.807) is 0 Å². The summed E-state index contributed by atoms with van der Waals surface area (Å²) in [5, 5.41) is 0. The molecule has 0 saturated heterocycles. The SMILES string of the molecule is CCN(CC)C(=O)c1ccc2c(c1)nc(C(C)(C)C)n2CCC1CCCCCC1. The molecule has 29 heavy (non-hydrogen) atoms. The average molecular weight is 398 g/mol. The van der Waals surface area contributed by atoms with Gasteiger partial charge < -0.3 is 9.47 Å². The average Bonchev–Trinajstić information content (AvgIpc) is 2.86. The maximum absolute atomic E-state index is 12.8. The van der Waals surface area contributed by atoms with Crippen LogP contribution in [0, 0.1) is 5.92 Å². The van der Waals surface area contributed by atoms with Crippen molar-refractivity contribution in [3.63, 3.8) is 0 Å². The van der Waals surface area contributed by atoms with Gasteiger partial charge >= 0.3 is 0 Å². The molecule has 1 aliphatic rings. The molecule has 0 spiro atoms. The van der Waals surface area contributed by atoms with Crippen LogP contribution in [0.5, 0.6) is 0 Å². The Labute approximate surface area is 176 Å². The largest absolute Gasteiger partial charge is 0.339 e. The first kappa shape index (κ1) is 21.9. The molecule has 1 amide bonds. The molecule has 4 heteroatoms. The molecule has 0 bridgehead atoms. The van der Waals surface area contributed by atoms with E-state index in [2.05, 4.69) is 31.4 Å². The van der Waals surface area contributed by atoms with Crippen LogP contribution in [0.2, 0.25) is 0 Å². The van der Waals surface area contributed by atoms with E-state index in [1.165, 1.54) is 50.5 Å². The zero-order valence-electron chi connectivity index (χ0n) is 19.1. The van der Waals surface area contributed by atoms with Crippen molar-refractivity contribution in [3.8, 4) is 0 Å². The van der Waals surface area contributed by atoms with Crippen molar-refractivity contribution in [3.05, 3.63) is 29.6 Å². The molecule has 1 fully saturated rings. The van der Waals surface area contributed by atoms with Crippen molar-refractivity contribution in [2.75, 3.05) is 13.1 Å². The van der Waals surface area contributed by atoms with Crippen molar-refractivity contribution in [1.29, 1.82) is 0 Å². The number of carbonyl (C=O) groups is 1. The van der Waals surface area contributed by atoms with Crippen molar-refractivity contribution in [1.82, 2.24) is 14.5 Å². The molecule has 1 aliphatic carbocycles. The second kappa shape index (κ2) is 9.32. The highest BCUT2D eigenvalue weighted by atomic mass is 16.2. The minimum absolute atomic E-state index is 0.0223. The molecule has 160 valence electrons. The van der Waals surface area contributed by atoms with Crippen LogP contribution in [-0.4, -0.2) is 33.4 Å². The molecule has 1 heterocycles. The number of imidazole rings is 1. The number of aromatic nitrogens is 2. The van der Waals surface area contributed by atoms with Gasteiger partial charge in [0.1, 0.15) is 5.82 Å². The highest BCUT2D eigenvalue weighted by Crippen LogP contribution is 2.30. The van der Waals surface area contributed by atoms with Gasteiger partial charge in [0.05, 0.1) is 11.0 Å². The Morgan fingerprint density at radius 1 is 1.10 bits per heavy atom. The number of nitrogens with zero attached hydrogens (tertiary/aromatic N) is 3. The van der Waals surface area contributed by atoms with Crippen LogP contribution in [0.1, 0.15) is 95.7 Å². The normalized spacial score (nSPS) is 16.2. The van der Waals surface area contributed by atoms with Crippen LogP contribution in [0.15, 0.2) is 18.2 Å². The lowest BCUT2D eigenvalue weighted by Crippen LogP contribution is -2.30. The summed E-state index contributed by atoms with van der Waals surface area (Å²) in [6.45, 7) is 13.2. The molecule has 3 rings (SSSR count). The van der Waals surface area contributed by atoms with Crippen molar-refractivity contribution < 1.29 is 4.79 Å². The fraction of sp³-hybridized carbons (Fsp3) is 0.680. The molecular weight excluding hydrogens is 358 g/mol. The molecule has 0 unspecified atom stereocenters. The molecule has 2 aromatic rings. The van der Waals surface area contributed by atoms with Gasteiger partial charge in [-0.15, -0.1) is 0 Å². The first-order valence-corrected chi connectivity index (χ1v) is 11.6. The molecule has 0 radical (unpaired) electrons. The first-order chi connectivity index (χ1) is 13.8. The van der Waals surface area contributed by atoms with Gasteiger partial charge in [-0.3, -0.25) is 4.79 Å². The Morgan fingerprint density at radius 3 is 2.34 bits per heavy atom. The highest BCUT2D eigenvalue weighted by Gasteiger charge is 2.24. The summed E-state index contributed by atoms with van der Waals surface area (Å²) in [7, 11) is 0. The van der Waals surface area contributed by atoms with Gasteiger partial charge in [-0.25, -0.2) is 4.98 Å². The van der Waals surface area contributed by atoms with Crippen molar-refractivity contribution in [2.45, 2.75) is 91.5 Å². The second-order valence-corrected chi connectivity index (χ2v) is 9.66. The number of hydrogen-bond acceptors (Lipinski definition) is 2. The highest BCUT2D eigenvalue weighted by molar-refractivity contribution is 5.97. The monoisotopic (exact) mass is 397 g/mol. The molecule has 4 nitrogen and oxygen atoms in total. The van der Waals surface area contributed by atoms with E-state index < -0.39 is 0 Å². The summed E-state index contributed by atoms with van der Waals surface area (Å²) in [6.07, 6.45) is 9.56. The van der Waals surface area contributed by atoms with E-state index in [0.29, 0.717) is 0 Å². The predicted octanol–water partition coefficient (Wildman–Crippen LogP) is 6.18. The van der Waals surface area contributed by atoms with Crippen molar-refractivity contribution in [2.24, 2.45) is 5.92 Å². The van der Waals surface area contributed by atoms with Gasteiger partial charge in [-0.1, -0.05) is 59.3 Å². The topological polar surface area (TPSA) is 38.1 Å². The number of rotatable bonds is 6. The predicted molar refractivity (Wildman–Crippen MR) is 121 cm³/mol. The van der Waals surface area contributed by atoms with E-state index in [0.717, 1.165) is 42.5 Å². The summed E-state index contributed by atoms with van der Waals surface area (Å²) >= 11 is 0. The van der Waals surface area contributed by atoms with E-state index in [4.69, 9.17) is 4.98 Å². The molecule has 0 aliphatic heterocycles. The Bertz CT molecular complexity index is 818. The maximum atomic E-state index is 12.8. The summed E-state index contributed by atoms with van der Waals surface area (Å²) in [5.74, 6) is 2.07. The Kier molecular flexibility index (Phi) is 7.02. The molecule has 0 atom stereocenters. The third-order valence-corrected chi connectivity index (χ3v) is 6.45. The van der Waals surface area contributed by atoms with Gasteiger partial charge in [0, 0.05) is 30.6 Å². The number of fused-ring (bicyclic) bond motifs is 1. The Balaban J connectivity index is 1.91. The lowest BCUT2D eigenvalue weighted by atomic mass is 9.94. The quantitative estimate of drug-likeness (QED) is 0.546. The molecular formula is C25H39N3O. The standard InChI is InChI=1S/C25H39N3O/c1-6-27(7-2)23(29)20-14-15-22-21(18-20)26-24(25(3,4)5)28(22)17-16-19-12-10-8-9-11-13-19/h14-15,18-19H,6-13,16-17H2,1-5H3. The summed E-state index contributed by atoms with van der Waals surface area (Å²) < 4.78 is 2.42. The fourth-order valence-electron chi connectivity index (χ4n) is 4.72. The summed E-state index contributed by atoms with van der Waals surface area (Å²) in [6, 6.07) is 6.09. The number of amides is 1. The zero-order chi connectivity index (χ0) is 21.0. The van der Waals surface area contributed by atoms with E-state index in [1.807, 2.05) is 30.9 Å². The molecule has 1 saturated carbocycles. The lowest BCUT2D eigenvalue weighted by Gasteiger charge is -2.22. The van der Waals surface area contributed by atoms with E-state index in [-0.39, 0.29) is 11.3 Å². The van der Waals surface area contributed by atoms with Gasteiger partial charge in [0.15, 0.2) is 0 Å². The summed E-state index contributed by atoms with van der Waals surface area (Å²) in [4.78, 5) is 19.7. The molecule has 1 aromatic carbocycles. The number of benzene rings is 1. The molecule has 0 N–H and O–H groups in total. The Morgan fingerprint density at radius 2 is 1.76 bits per heavy atom. The number of aryl methyl sites for hydroxylation is 1. The van der Waals surface area contributed by atoms with Crippen molar-refractivity contribution >= 4 is 16.9 Å². The smallest absolute Gasteiger partial charge is 0.253 e. The minimum Gasteiger partial charge on any atom is -0.339 e. The number of hydrogen-bond donors (Lipinski definition) is 0. The van der Waals surface area contributed by atoms with Gasteiger partial charge in [0.2, 0.25) is 0 Å². The van der Waals surface area contributed by atoms with Crippen LogP contribution in [0.3, 0.4) is 0 Å². The summed E-state index contributed by atoms with van der Waals surface area (Å²) in [5.41, 5.74) is 2.84. The third kappa shape index (κ3) is 5.02. The molecule has 1 aromatic heterocycles. The van der Waals surface area contributed by atoms with Gasteiger partial charge in [-0.2, -0.15) is 0 Å². The third-order valence-electron chi connectivity index (χ3n) is 6.45.